The zero-order valence-electron chi connectivity index (χ0n) is 8.89. The number of ketones is 1. The summed E-state index contributed by atoms with van der Waals surface area (Å²) in [4.78, 5) is 11.6. The normalized spacial score (nSPS) is 25.4. The minimum atomic E-state index is 0.194. The molecule has 1 aliphatic heterocycles. The second-order valence-electron chi connectivity index (χ2n) is 4.70. The molecule has 1 heterocycles. The van der Waals surface area contributed by atoms with E-state index in [1.165, 1.54) is 9.79 Å². The van der Waals surface area contributed by atoms with Crippen LogP contribution in [-0.2, 0) is 4.79 Å². The molecular weight excluding hydrogens is 227 g/mol. The van der Waals surface area contributed by atoms with Crippen molar-refractivity contribution in [1.29, 1.82) is 0 Å². The molecule has 2 heteroatoms. The average molecular weight is 245 g/mol. The Morgan fingerprint density at radius 1 is 1.46 bits per heavy atom. The Hall–Kier alpha value is -0.0705. The van der Waals surface area contributed by atoms with Gasteiger partial charge in [-0.3, -0.25) is 0 Å². The molecule has 13 heavy (non-hydrogen) atoms. The van der Waals surface area contributed by atoms with Gasteiger partial charge in [0.2, 0.25) is 0 Å². The summed E-state index contributed by atoms with van der Waals surface area (Å²) in [6, 6.07) is 0. The quantitative estimate of drug-likeness (QED) is 0.600. The third-order valence-electron chi connectivity index (χ3n) is 2.31. The standard InChI is InChI=1S/C11H18OSe/c1-8-5-6-13-10(7-9(8)12)11(2,3)4/h7-8H,5-6H2,1-4H3. The predicted molar refractivity (Wildman–Crippen MR) is 56.9 cm³/mol. The molecule has 0 aromatic carbocycles. The van der Waals surface area contributed by atoms with Crippen molar-refractivity contribution in [1.82, 2.24) is 0 Å². The van der Waals surface area contributed by atoms with Gasteiger partial charge in [0, 0.05) is 0 Å². The molecule has 0 fully saturated rings. The summed E-state index contributed by atoms with van der Waals surface area (Å²) in [5.74, 6) is 0.589. The second kappa shape index (κ2) is 3.98. The molecule has 1 rings (SSSR count). The molecule has 1 atom stereocenters. The van der Waals surface area contributed by atoms with Gasteiger partial charge in [-0.2, -0.15) is 0 Å². The van der Waals surface area contributed by atoms with Crippen LogP contribution in [0.25, 0.3) is 0 Å². The predicted octanol–water partition coefficient (Wildman–Crippen LogP) is 2.65. The Labute approximate surface area is 87.1 Å². The first kappa shape index (κ1) is 11.0. The molecular formula is C11H18OSe. The minimum absolute atomic E-state index is 0.194. The van der Waals surface area contributed by atoms with E-state index in [-0.39, 0.29) is 11.3 Å². The van der Waals surface area contributed by atoms with E-state index in [1.807, 2.05) is 13.0 Å². The van der Waals surface area contributed by atoms with Gasteiger partial charge < -0.3 is 0 Å². The summed E-state index contributed by atoms with van der Waals surface area (Å²) >= 11 is 0.540. The van der Waals surface area contributed by atoms with Gasteiger partial charge in [0.05, 0.1) is 0 Å². The van der Waals surface area contributed by atoms with Crippen molar-refractivity contribution in [3.05, 3.63) is 10.5 Å². The SMILES string of the molecule is CC1CC[Se]C(C(C)(C)C)=CC1=O. The molecule has 1 nitrogen and oxygen atoms in total. The van der Waals surface area contributed by atoms with E-state index in [1.54, 1.807) is 0 Å². The van der Waals surface area contributed by atoms with Crippen molar-refractivity contribution in [2.75, 3.05) is 0 Å². The van der Waals surface area contributed by atoms with Crippen LogP contribution in [0.4, 0.5) is 0 Å². The van der Waals surface area contributed by atoms with Gasteiger partial charge in [-0.25, -0.2) is 0 Å². The number of carbonyl (C=O) groups excluding carboxylic acids is 1. The summed E-state index contributed by atoms with van der Waals surface area (Å²) in [5.41, 5.74) is 0.194. The molecule has 1 aliphatic rings. The molecule has 0 saturated carbocycles. The molecule has 0 aliphatic carbocycles. The maximum absolute atomic E-state index is 11.6. The number of hydrogen-bond donors (Lipinski definition) is 0. The number of allylic oxidation sites excluding steroid dienone is 2. The van der Waals surface area contributed by atoms with Crippen LogP contribution >= 0.6 is 0 Å². The summed E-state index contributed by atoms with van der Waals surface area (Å²) in [7, 11) is 0. The summed E-state index contributed by atoms with van der Waals surface area (Å²) in [5, 5.41) is 1.23. The van der Waals surface area contributed by atoms with Crippen molar-refractivity contribution in [3.8, 4) is 0 Å². The zero-order valence-corrected chi connectivity index (χ0v) is 10.6. The fourth-order valence-corrected chi connectivity index (χ4v) is 4.01. The third kappa shape index (κ3) is 2.96. The molecule has 74 valence electrons. The van der Waals surface area contributed by atoms with Crippen molar-refractivity contribution in [2.45, 2.75) is 39.4 Å². The molecule has 0 aromatic rings. The number of hydrogen-bond acceptors (Lipinski definition) is 1. The van der Waals surface area contributed by atoms with E-state index >= 15 is 0 Å². The molecule has 1 unspecified atom stereocenters. The van der Waals surface area contributed by atoms with Crippen molar-refractivity contribution in [3.63, 3.8) is 0 Å². The first-order valence-electron chi connectivity index (χ1n) is 4.80. The Kier molecular flexibility index (Phi) is 3.37. The van der Waals surface area contributed by atoms with Gasteiger partial charge in [-0.15, -0.1) is 0 Å². The first-order valence-corrected chi connectivity index (χ1v) is 6.87. The van der Waals surface area contributed by atoms with E-state index in [2.05, 4.69) is 20.8 Å². The summed E-state index contributed by atoms with van der Waals surface area (Å²) in [6.45, 7) is 8.64. The molecule has 0 spiro atoms. The van der Waals surface area contributed by atoms with Gasteiger partial charge in [-0.1, -0.05) is 0 Å². The van der Waals surface area contributed by atoms with Crippen molar-refractivity contribution in [2.24, 2.45) is 11.3 Å². The molecule has 0 bridgehead atoms. The molecule has 0 amide bonds. The van der Waals surface area contributed by atoms with Crippen molar-refractivity contribution < 1.29 is 4.79 Å². The van der Waals surface area contributed by atoms with E-state index in [0.717, 1.165) is 6.42 Å². The Morgan fingerprint density at radius 3 is 2.62 bits per heavy atom. The average Bonchev–Trinajstić information content (AvgIpc) is 2.13. The maximum atomic E-state index is 11.6. The Morgan fingerprint density at radius 2 is 2.08 bits per heavy atom. The molecule has 0 saturated heterocycles. The van der Waals surface area contributed by atoms with Gasteiger partial charge in [0.1, 0.15) is 0 Å². The van der Waals surface area contributed by atoms with E-state index in [0.29, 0.717) is 20.7 Å². The van der Waals surface area contributed by atoms with Gasteiger partial charge >= 0.3 is 86.9 Å². The van der Waals surface area contributed by atoms with E-state index < -0.39 is 0 Å². The van der Waals surface area contributed by atoms with Crippen molar-refractivity contribution >= 4 is 20.7 Å². The second-order valence-corrected chi connectivity index (χ2v) is 7.08. The van der Waals surface area contributed by atoms with Gasteiger partial charge in [0.25, 0.3) is 0 Å². The van der Waals surface area contributed by atoms with Crippen LogP contribution in [0.15, 0.2) is 10.5 Å². The van der Waals surface area contributed by atoms with Gasteiger partial charge in [-0.05, 0) is 0 Å². The fraction of sp³-hybridized carbons (Fsp3) is 0.727. The molecule has 0 N–H and O–H groups in total. The molecule has 0 aromatic heterocycles. The van der Waals surface area contributed by atoms with Crippen LogP contribution < -0.4 is 0 Å². The topological polar surface area (TPSA) is 17.1 Å². The summed E-state index contributed by atoms with van der Waals surface area (Å²) in [6.07, 6.45) is 2.99. The number of carbonyl (C=O) groups is 1. The van der Waals surface area contributed by atoms with Crippen LogP contribution in [0.2, 0.25) is 5.32 Å². The van der Waals surface area contributed by atoms with Crippen LogP contribution in [0.3, 0.4) is 0 Å². The van der Waals surface area contributed by atoms with Gasteiger partial charge in [0.15, 0.2) is 0 Å². The zero-order chi connectivity index (χ0) is 10.1. The fourth-order valence-electron chi connectivity index (χ4n) is 1.23. The summed E-state index contributed by atoms with van der Waals surface area (Å²) < 4.78 is 1.38. The number of rotatable bonds is 0. The van der Waals surface area contributed by atoms with E-state index in [9.17, 15) is 4.79 Å². The molecule has 0 radical (unpaired) electrons. The van der Waals surface area contributed by atoms with Crippen LogP contribution in [0, 0.1) is 11.3 Å². The van der Waals surface area contributed by atoms with Crippen LogP contribution in [0.1, 0.15) is 34.1 Å². The monoisotopic (exact) mass is 246 g/mol. The van der Waals surface area contributed by atoms with Crippen LogP contribution in [0.5, 0.6) is 0 Å². The van der Waals surface area contributed by atoms with E-state index in [4.69, 9.17) is 0 Å². The Bertz CT molecular complexity index is 235. The third-order valence-corrected chi connectivity index (χ3v) is 5.41. The van der Waals surface area contributed by atoms with Crippen LogP contribution in [-0.4, -0.2) is 20.7 Å². The first-order chi connectivity index (χ1) is 5.91. The Balaban J connectivity index is 2.86.